The molecule has 3 rings (SSSR count). The van der Waals surface area contributed by atoms with E-state index in [1.165, 1.54) is 23.1 Å². The molecule has 2 heterocycles. The Morgan fingerprint density at radius 2 is 2.08 bits per heavy atom. The molecule has 0 spiro atoms. The van der Waals surface area contributed by atoms with Gasteiger partial charge in [0.1, 0.15) is 5.01 Å². The zero-order chi connectivity index (χ0) is 17.1. The Kier molecular flexibility index (Phi) is 5.13. The molecule has 0 aliphatic carbocycles. The van der Waals surface area contributed by atoms with E-state index in [2.05, 4.69) is 21.8 Å². The topological polar surface area (TPSA) is 58.5 Å². The van der Waals surface area contributed by atoms with Crippen molar-refractivity contribution in [2.24, 2.45) is 4.99 Å². The minimum Gasteiger partial charge on any atom is -0.282 e. The molecule has 0 unspecified atom stereocenters. The number of aromatic nitrogens is 2. The van der Waals surface area contributed by atoms with Crippen LogP contribution >= 0.6 is 34.7 Å². The number of carbonyl (C=O) groups is 1. The smallest absolute Gasteiger partial charge is 0.267 e. The van der Waals surface area contributed by atoms with E-state index >= 15 is 0 Å². The first-order chi connectivity index (χ1) is 11.6. The molecule has 0 radical (unpaired) electrons. The van der Waals surface area contributed by atoms with Gasteiger partial charge in [-0.3, -0.25) is 9.69 Å². The quantitative estimate of drug-likeness (QED) is 0.590. The van der Waals surface area contributed by atoms with Crippen molar-refractivity contribution in [3.05, 3.63) is 57.4 Å². The highest BCUT2D eigenvalue weighted by Crippen LogP contribution is 2.34. The molecule has 0 atom stereocenters. The first-order valence-corrected chi connectivity index (χ1v) is 9.04. The summed E-state index contributed by atoms with van der Waals surface area (Å²) in [5.41, 5.74) is 0.904. The Bertz CT molecular complexity index is 842. The fourth-order valence-corrected chi connectivity index (χ4v) is 3.74. The van der Waals surface area contributed by atoms with Gasteiger partial charge in [-0.25, -0.2) is 0 Å². The molecule has 1 saturated heterocycles. The third-order valence-electron chi connectivity index (χ3n) is 3.07. The number of amides is 1. The van der Waals surface area contributed by atoms with E-state index in [0.717, 1.165) is 10.6 Å². The molecule has 122 valence electrons. The molecule has 1 aliphatic rings. The fourth-order valence-electron chi connectivity index (χ4n) is 2.00. The van der Waals surface area contributed by atoms with E-state index in [4.69, 9.17) is 11.6 Å². The highest BCUT2D eigenvalue weighted by Gasteiger charge is 2.32. The number of carbonyl (C=O) groups excluding carboxylic acids is 1. The van der Waals surface area contributed by atoms with Crippen molar-refractivity contribution in [3.8, 4) is 0 Å². The number of thioether (sulfide) groups is 1. The predicted molar refractivity (Wildman–Crippen MR) is 101 cm³/mol. The average molecular weight is 377 g/mol. The van der Waals surface area contributed by atoms with Gasteiger partial charge in [-0.15, -0.1) is 16.8 Å². The van der Waals surface area contributed by atoms with Crippen LogP contribution in [0.25, 0.3) is 6.08 Å². The van der Waals surface area contributed by atoms with E-state index in [9.17, 15) is 4.79 Å². The zero-order valence-electron chi connectivity index (χ0n) is 12.8. The lowest BCUT2D eigenvalue weighted by atomic mass is 10.2. The van der Waals surface area contributed by atoms with E-state index in [-0.39, 0.29) is 5.91 Å². The standard InChI is InChI=1S/C16H13ClN4OS2/c1-3-8-21-14(22)13(9-11-4-6-12(17)7-5-11)24-16(21)18-15-20-19-10(2)23-15/h3-7,9H,1,8H2,2H3/b13-9-,18-16+. The number of hydrogen-bond donors (Lipinski definition) is 0. The predicted octanol–water partition coefficient (Wildman–Crippen LogP) is 4.29. The second-order valence-corrected chi connectivity index (χ2v) is 7.47. The van der Waals surface area contributed by atoms with Crippen LogP contribution in [0.3, 0.4) is 0 Å². The molecule has 0 bridgehead atoms. The average Bonchev–Trinajstić information content (AvgIpc) is 3.09. The maximum absolute atomic E-state index is 12.6. The van der Waals surface area contributed by atoms with E-state index in [1.54, 1.807) is 23.1 Å². The lowest BCUT2D eigenvalue weighted by Gasteiger charge is -2.11. The Balaban J connectivity index is 1.93. The third kappa shape index (κ3) is 3.75. The molecule has 1 aromatic carbocycles. The lowest BCUT2D eigenvalue weighted by Crippen LogP contribution is -2.29. The zero-order valence-corrected chi connectivity index (χ0v) is 15.2. The molecule has 2 aromatic rings. The molecular weight excluding hydrogens is 364 g/mol. The summed E-state index contributed by atoms with van der Waals surface area (Å²) in [6, 6.07) is 7.31. The highest BCUT2D eigenvalue weighted by atomic mass is 35.5. The second kappa shape index (κ2) is 7.29. The molecule has 24 heavy (non-hydrogen) atoms. The molecule has 8 heteroatoms. The molecule has 1 aromatic heterocycles. The maximum atomic E-state index is 12.6. The van der Waals surface area contributed by atoms with Crippen LogP contribution in [0.4, 0.5) is 5.13 Å². The van der Waals surface area contributed by atoms with Crippen LogP contribution in [-0.2, 0) is 4.79 Å². The SMILES string of the molecule is C=CCN1C(=O)/C(=C/c2ccc(Cl)cc2)S/C1=N/c1nnc(C)s1. The molecule has 0 N–H and O–H groups in total. The summed E-state index contributed by atoms with van der Waals surface area (Å²) in [5.74, 6) is -0.102. The van der Waals surface area contributed by atoms with Crippen molar-refractivity contribution < 1.29 is 4.79 Å². The Hall–Kier alpha value is -1.96. The van der Waals surface area contributed by atoms with Crippen molar-refractivity contribution >= 4 is 57.0 Å². The van der Waals surface area contributed by atoms with Crippen LogP contribution < -0.4 is 0 Å². The maximum Gasteiger partial charge on any atom is 0.267 e. The summed E-state index contributed by atoms with van der Waals surface area (Å²) in [5, 5.41) is 10.5. The van der Waals surface area contributed by atoms with Crippen LogP contribution in [0.1, 0.15) is 10.6 Å². The number of hydrogen-bond acceptors (Lipinski definition) is 6. The fraction of sp³-hybridized carbons (Fsp3) is 0.125. The number of halogens is 1. The number of nitrogens with zero attached hydrogens (tertiary/aromatic N) is 4. The van der Waals surface area contributed by atoms with Gasteiger partial charge in [0.05, 0.1) is 4.91 Å². The number of aliphatic imine (C=N–C) groups is 1. The number of benzene rings is 1. The Morgan fingerprint density at radius 1 is 1.33 bits per heavy atom. The first-order valence-electron chi connectivity index (χ1n) is 7.03. The summed E-state index contributed by atoms with van der Waals surface area (Å²) < 4.78 is 0. The van der Waals surface area contributed by atoms with Crippen molar-refractivity contribution in [2.75, 3.05) is 6.54 Å². The molecule has 1 aliphatic heterocycles. The van der Waals surface area contributed by atoms with Crippen LogP contribution in [-0.4, -0.2) is 32.7 Å². The molecule has 1 amide bonds. The van der Waals surface area contributed by atoms with Crippen LogP contribution in [0, 0.1) is 6.92 Å². The molecule has 5 nitrogen and oxygen atoms in total. The highest BCUT2D eigenvalue weighted by molar-refractivity contribution is 8.18. The monoisotopic (exact) mass is 376 g/mol. The summed E-state index contributed by atoms with van der Waals surface area (Å²) in [7, 11) is 0. The van der Waals surface area contributed by atoms with Gasteiger partial charge in [0.25, 0.3) is 5.91 Å². The minimum absolute atomic E-state index is 0.102. The summed E-state index contributed by atoms with van der Waals surface area (Å²) in [6.45, 7) is 5.96. The summed E-state index contributed by atoms with van der Waals surface area (Å²) in [4.78, 5) is 19.3. The van der Waals surface area contributed by atoms with Gasteiger partial charge in [-0.05, 0) is 42.5 Å². The van der Waals surface area contributed by atoms with Gasteiger partial charge in [-0.2, -0.15) is 4.99 Å². The van der Waals surface area contributed by atoms with Crippen LogP contribution in [0.5, 0.6) is 0 Å². The normalized spacial score (nSPS) is 17.9. The number of aryl methyl sites for hydroxylation is 1. The third-order valence-corrected chi connectivity index (χ3v) is 5.07. The Labute approximate surface area is 152 Å². The largest absolute Gasteiger partial charge is 0.282 e. The van der Waals surface area contributed by atoms with Gasteiger partial charge in [-0.1, -0.05) is 41.1 Å². The summed E-state index contributed by atoms with van der Waals surface area (Å²) in [6.07, 6.45) is 3.50. The van der Waals surface area contributed by atoms with E-state index < -0.39 is 0 Å². The van der Waals surface area contributed by atoms with Gasteiger partial charge < -0.3 is 0 Å². The van der Waals surface area contributed by atoms with E-state index in [0.29, 0.717) is 26.8 Å². The lowest BCUT2D eigenvalue weighted by molar-refractivity contribution is -0.121. The molecule has 0 saturated carbocycles. The van der Waals surface area contributed by atoms with Gasteiger partial charge in [0.2, 0.25) is 5.13 Å². The summed E-state index contributed by atoms with van der Waals surface area (Å²) >= 11 is 8.59. The second-order valence-electron chi connectivity index (χ2n) is 4.86. The first kappa shape index (κ1) is 16.9. The van der Waals surface area contributed by atoms with Crippen molar-refractivity contribution in [2.45, 2.75) is 6.92 Å². The van der Waals surface area contributed by atoms with Gasteiger partial charge >= 0.3 is 0 Å². The minimum atomic E-state index is -0.102. The van der Waals surface area contributed by atoms with Crippen molar-refractivity contribution in [1.29, 1.82) is 0 Å². The number of amidine groups is 1. The van der Waals surface area contributed by atoms with Gasteiger partial charge in [0, 0.05) is 11.6 Å². The van der Waals surface area contributed by atoms with Crippen molar-refractivity contribution in [3.63, 3.8) is 0 Å². The Morgan fingerprint density at radius 3 is 2.71 bits per heavy atom. The van der Waals surface area contributed by atoms with E-state index in [1.807, 2.05) is 25.1 Å². The van der Waals surface area contributed by atoms with Crippen LogP contribution in [0.15, 0.2) is 46.8 Å². The molecule has 1 fully saturated rings. The van der Waals surface area contributed by atoms with Crippen molar-refractivity contribution in [1.82, 2.24) is 15.1 Å². The number of rotatable bonds is 4. The van der Waals surface area contributed by atoms with Crippen LogP contribution in [0.2, 0.25) is 5.02 Å². The van der Waals surface area contributed by atoms with Gasteiger partial charge in [0.15, 0.2) is 5.17 Å². The molecular formula is C16H13ClN4OS2.